The summed E-state index contributed by atoms with van der Waals surface area (Å²) in [6.45, 7) is 2.94. The van der Waals surface area contributed by atoms with E-state index in [2.05, 4.69) is 20.6 Å². The third kappa shape index (κ3) is 3.18. The molecule has 0 aromatic carbocycles. The Kier molecular flexibility index (Phi) is 4.11. The van der Waals surface area contributed by atoms with E-state index in [0.29, 0.717) is 18.2 Å². The molecule has 0 saturated heterocycles. The highest BCUT2D eigenvalue weighted by Gasteiger charge is 2.03. The van der Waals surface area contributed by atoms with E-state index < -0.39 is 0 Å². The van der Waals surface area contributed by atoms with Gasteiger partial charge in [0.25, 0.3) is 0 Å². The van der Waals surface area contributed by atoms with E-state index in [1.54, 1.807) is 16.9 Å². The van der Waals surface area contributed by atoms with Crippen LogP contribution in [0.25, 0.3) is 0 Å². The molecular formula is C11H14ClN5O. The topological polar surface area (TPSA) is 75.9 Å². The maximum absolute atomic E-state index is 8.77. The molecule has 2 aromatic rings. The Labute approximate surface area is 110 Å². The summed E-state index contributed by atoms with van der Waals surface area (Å²) < 4.78 is 1.60. The fourth-order valence-corrected chi connectivity index (χ4v) is 1.72. The molecule has 2 aromatic heterocycles. The summed E-state index contributed by atoms with van der Waals surface area (Å²) in [5, 5.41) is 20.3. The molecule has 0 amide bonds. The van der Waals surface area contributed by atoms with Crippen molar-refractivity contribution < 1.29 is 5.11 Å². The first kappa shape index (κ1) is 12.8. The molecule has 2 heterocycles. The highest BCUT2D eigenvalue weighted by molar-refractivity contribution is 6.29. The van der Waals surface area contributed by atoms with Gasteiger partial charge in [0, 0.05) is 0 Å². The van der Waals surface area contributed by atoms with Gasteiger partial charge in [0.15, 0.2) is 0 Å². The zero-order chi connectivity index (χ0) is 13.0. The van der Waals surface area contributed by atoms with Crippen molar-refractivity contribution in [1.82, 2.24) is 20.0 Å². The lowest BCUT2D eigenvalue weighted by Gasteiger charge is -2.06. The molecule has 2 N–H and O–H groups in total. The molecule has 96 valence electrons. The molecule has 18 heavy (non-hydrogen) atoms. The summed E-state index contributed by atoms with van der Waals surface area (Å²) in [5.74, 6) is 0. The highest BCUT2D eigenvalue weighted by atomic mass is 35.5. The molecule has 0 fully saturated rings. The largest absolute Gasteiger partial charge is 0.394 e. The van der Waals surface area contributed by atoms with Crippen molar-refractivity contribution in [2.45, 2.75) is 20.0 Å². The van der Waals surface area contributed by atoms with Gasteiger partial charge in [-0.25, -0.2) is 9.67 Å². The van der Waals surface area contributed by atoms with Gasteiger partial charge in [0.05, 0.1) is 37.3 Å². The van der Waals surface area contributed by atoms with Crippen LogP contribution in [-0.2, 0) is 13.1 Å². The van der Waals surface area contributed by atoms with E-state index in [-0.39, 0.29) is 6.61 Å². The van der Waals surface area contributed by atoms with Crippen LogP contribution in [-0.4, -0.2) is 31.7 Å². The number of rotatable bonds is 5. The van der Waals surface area contributed by atoms with Crippen LogP contribution in [0.4, 0.5) is 5.69 Å². The van der Waals surface area contributed by atoms with Crippen molar-refractivity contribution in [1.29, 1.82) is 0 Å². The van der Waals surface area contributed by atoms with Crippen LogP contribution in [0.5, 0.6) is 0 Å². The zero-order valence-electron chi connectivity index (χ0n) is 9.97. The third-order valence-corrected chi connectivity index (χ3v) is 2.64. The number of aryl methyl sites for hydroxylation is 1. The Morgan fingerprint density at radius 1 is 1.44 bits per heavy atom. The molecule has 0 saturated carbocycles. The Hall–Kier alpha value is -1.66. The van der Waals surface area contributed by atoms with Crippen LogP contribution in [0.15, 0.2) is 18.3 Å². The van der Waals surface area contributed by atoms with Gasteiger partial charge >= 0.3 is 0 Å². The summed E-state index contributed by atoms with van der Waals surface area (Å²) in [6, 6.07) is 3.61. The molecule has 6 nitrogen and oxygen atoms in total. The second kappa shape index (κ2) is 5.79. The SMILES string of the molecule is Cc1nc(Cl)ccc1NCc1cn(CCO)nn1. The molecular weight excluding hydrogens is 254 g/mol. The fraction of sp³-hybridized carbons (Fsp3) is 0.364. The average molecular weight is 268 g/mol. The lowest BCUT2D eigenvalue weighted by Crippen LogP contribution is -2.03. The van der Waals surface area contributed by atoms with Crippen LogP contribution in [0.3, 0.4) is 0 Å². The number of halogens is 1. The number of aliphatic hydroxyl groups is 1. The van der Waals surface area contributed by atoms with E-state index in [1.807, 2.05) is 13.0 Å². The van der Waals surface area contributed by atoms with Crippen molar-refractivity contribution in [2.75, 3.05) is 11.9 Å². The minimum absolute atomic E-state index is 0.0520. The number of pyridine rings is 1. The molecule has 2 rings (SSSR count). The number of aliphatic hydroxyl groups excluding tert-OH is 1. The normalized spacial score (nSPS) is 10.6. The molecule has 0 aliphatic rings. The molecule has 0 unspecified atom stereocenters. The maximum Gasteiger partial charge on any atom is 0.129 e. The van der Waals surface area contributed by atoms with Gasteiger partial charge in [0.1, 0.15) is 10.8 Å². The van der Waals surface area contributed by atoms with Gasteiger partial charge < -0.3 is 10.4 Å². The molecule has 0 aliphatic heterocycles. The van der Waals surface area contributed by atoms with Gasteiger partial charge in [-0.1, -0.05) is 16.8 Å². The van der Waals surface area contributed by atoms with Crippen LogP contribution >= 0.6 is 11.6 Å². The first-order chi connectivity index (χ1) is 8.69. The van der Waals surface area contributed by atoms with E-state index in [9.17, 15) is 0 Å². The second-order valence-corrected chi connectivity index (χ2v) is 4.20. The Balaban J connectivity index is 1.97. The van der Waals surface area contributed by atoms with Crippen molar-refractivity contribution in [3.05, 3.63) is 34.9 Å². The lowest BCUT2D eigenvalue weighted by atomic mass is 10.3. The number of hydrogen-bond acceptors (Lipinski definition) is 5. The summed E-state index contributed by atoms with van der Waals surface area (Å²) in [6.07, 6.45) is 1.79. The Morgan fingerprint density at radius 3 is 3.00 bits per heavy atom. The minimum atomic E-state index is 0.0520. The van der Waals surface area contributed by atoms with Gasteiger partial charge in [-0.3, -0.25) is 0 Å². The summed E-state index contributed by atoms with van der Waals surface area (Å²) >= 11 is 5.78. The molecule has 0 atom stereocenters. The van der Waals surface area contributed by atoms with Gasteiger partial charge in [0.2, 0.25) is 0 Å². The number of hydrogen-bond donors (Lipinski definition) is 2. The van der Waals surface area contributed by atoms with E-state index in [0.717, 1.165) is 17.1 Å². The quantitative estimate of drug-likeness (QED) is 0.797. The van der Waals surface area contributed by atoms with E-state index in [4.69, 9.17) is 16.7 Å². The predicted octanol–water partition coefficient (Wildman–Crippen LogP) is 1.24. The van der Waals surface area contributed by atoms with Crippen LogP contribution in [0.2, 0.25) is 5.15 Å². The zero-order valence-corrected chi connectivity index (χ0v) is 10.7. The van der Waals surface area contributed by atoms with Gasteiger partial charge in [-0.15, -0.1) is 5.10 Å². The molecule has 0 spiro atoms. The molecule has 0 radical (unpaired) electrons. The monoisotopic (exact) mass is 267 g/mol. The minimum Gasteiger partial charge on any atom is -0.394 e. The first-order valence-corrected chi connectivity index (χ1v) is 5.93. The summed E-state index contributed by atoms with van der Waals surface area (Å²) in [5.41, 5.74) is 2.55. The number of nitrogens with one attached hydrogen (secondary N) is 1. The van der Waals surface area contributed by atoms with Crippen LogP contribution < -0.4 is 5.32 Å². The summed E-state index contributed by atoms with van der Waals surface area (Å²) in [7, 11) is 0. The fourth-order valence-electron chi connectivity index (χ4n) is 1.53. The summed E-state index contributed by atoms with van der Waals surface area (Å²) in [4.78, 5) is 4.15. The Bertz CT molecular complexity index is 528. The average Bonchev–Trinajstić information content (AvgIpc) is 2.76. The smallest absolute Gasteiger partial charge is 0.129 e. The highest BCUT2D eigenvalue weighted by Crippen LogP contribution is 2.16. The van der Waals surface area contributed by atoms with Crippen molar-refractivity contribution in [3.8, 4) is 0 Å². The first-order valence-electron chi connectivity index (χ1n) is 5.56. The van der Waals surface area contributed by atoms with Gasteiger partial charge in [-0.05, 0) is 19.1 Å². The second-order valence-electron chi connectivity index (χ2n) is 3.82. The Morgan fingerprint density at radius 2 is 2.28 bits per heavy atom. The number of anilines is 1. The third-order valence-electron chi connectivity index (χ3n) is 2.43. The van der Waals surface area contributed by atoms with Crippen LogP contribution in [0.1, 0.15) is 11.4 Å². The lowest BCUT2D eigenvalue weighted by molar-refractivity contribution is 0.268. The van der Waals surface area contributed by atoms with Gasteiger partial charge in [-0.2, -0.15) is 0 Å². The van der Waals surface area contributed by atoms with E-state index >= 15 is 0 Å². The number of aromatic nitrogens is 4. The van der Waals surface area contributed by atoms with E-state index in [1.165, 1.54) is 0 Å². The van der Waals surface area contributed by atoms with Crippen molar-refractivity contribution in [3.63, 3.8) is 0 Å². The molecule has 7 heteroatoms. The van der Waals surface area contributed by atoms with Crippen molar-refractivity contribution >= 4 is 17.3 Å². The van der Waals surface area contributed by atoms with Crippen molar-refractivity contribution in [2.24, 2.45) is 0 Å². The maximum atomic E-state index is 8.77. The standard InChI is InChI=1S/C11H14ClN5O/c1-8-10(2-3-11(12)14-8)13-6-9-7-17(4-5-18)16-15-9/h2-3,7,13,18H,4-6H2,1H3. The molecule has 0 aliphatic carbocycles. The predicted molar refractivity (Wildman–Crippen MR) is 68.4 cm³/mol. The molecule has 0 bridgehead atoms. The van der Waals surface area contributed by atoms with Crippen LogP contribution in [0, 0.1) is 6.92 Å². The number of nitrogens with zero attached hydrogens (tertiary/aromatic N) is 4.